The third kappa shape index (κ3) is 9.66. The van der Waals surface area contributed by atoms with Crippen molar-refractivity contribution in [3.63, 3.8) is 0 Å². The maximum Gasteiger partial charge on any atom is 0.430 e. The molecule has 10 nitrogen and oxygen atoms in total. The van der Waals surface area contributed by atoms with Crippen LogP contribution in [0.15, 0.2) is 34.9 Å². The van der Waals surface area contributed by atoms with Crippen molar-refractivity contribution < 1.29 is 61.3 Å². The average molecular weight is 604 g/mol. The van der Waals surface area contributed by atoms with Gasteiger partial charge in [0.1, 0.15) is 11.9 Å². The van der Waals surface area contributed by atoms with Crippen LogP contribution < -0.4 is 31.7 Å². The number of pyridine rings is 1. The van der Waals surface area contributed by atoms with Gasteiger partial charge in [-0.2, -0.15) is 31.1 Å². The van der Waals surface area contributed by atoms with Crippen LogP contribution >= 0.6 is 15.9 Å². The number of unbranched alkanes of at least 4 members (excludes halogenated alkanes) is 1. The number of carbonyl (C=O) groups excluding carboxylic acids is 2. The molecule has 0 radical (unpaired) electrons. The molecule has 0 saturated carbocycles. The number of aryl methyl sites for hydroxylation is 1. The number of H-pyrrole nitrogens is 1. The molecule has 0 saturated heterocycles. The first kappa shape index (κ1) is 31.3. The number of hydrogen-bond acceptors (Lipinski definition) is 5. The molecule has 0 bridgehead atoms. The molecule has 17 heteroatoms. The second kappa shape index (κ2) is 13.0. The Labute approximate surface area is 212 Å². The summed E-state index contributed by atoms with van der Waals surface area (Å²) in [7, 11) is 0. The Balaban J connectivity index is 0.000000404. The molecule has 7 N–H and O–H groups in total. The first-order chi connectivity index (χ1) is 17.0. The minimum atomic E-state index is -5.19. The fourth-order valence-corrected chi connectivity index (χ4v) is 3.22. The number of rotatable bonds is 5. The average Bonchev–Trinajstić information content (AvgIpc) is 3.05. The number of aromatic nitrogens is 2. The van der Waals surface area contributed by atoms with Crippen LogP contribution in [-0.2, 0) is 16.0 Å². The van der Waals surface area contributed by atoms with E-state index in [1.54, 1.807) is 0 Å². The Morgan fingerprint density at radius 2 is 1.54 bits per heavy atom. The highest BCUT2D eigenvalue weighted by molar-refractivity contribution is 9.10. The summed E-state index contributed by atoms with van der Waals surface area (Å²) in [5, 5.41) is 30.2. The minimum absolute atomic E-state index is 0.250. The molecule has 0 fully saturated rings. The van der Waals surface area contributed by atoms with Crippen LogP contribution in [0, 0.1) is 0 Å². The largest absolute Gasteiger partial charge is 0.542 e. The number of halogens is 7. The summed E-state index contributed by atoms with van der Waals surface area (Å²) >= 11 is 3.45. The lowest BCUT2D eigenvalue weighted by molar-refractivity contribution is -0.459. The van der Waals surface area contributed by atoms with Gasteiger partial charge in [0.15, 0.2) is 11.7 Å². The molecule has 3 aromatic rings. The van der Waals surface area contributed by atoms with Gasteiger partial charge in [-0.1, -0.05) is 22.0 Å². The van der Waals surface area contributed by atoms with E-state index in [-0.39, 0.29) is 5.96 Å². The first-order valence-corrected chi connectivity index (χ1v) is 10.8. The molecule has 0 atom stereocenters. The Morgan fingerprint density at radius 1 is 1.00 bits per heavy atom. The summed E-state index contributed by atoms with van der Waals surface area (Å²) in [5.74, 6) is -5.76. The number of aromatic amines is 1. The molecule has 0 aliphatic heterocycles. The highest BCUT2D eigenvalue weighted by Gasteiger charge is 2.29. The van der Waals surface area contributed by atoms with Gasteiger partial charge < -0.3 is 25.0 Å². The van der Waals surface area contributed by atoms with E-state index < -0.39 is 24.3 Å². The van der Waals surface area contributed by atoms with Crippen LogP contribution in [0.5, 0.6) is 0 Å². The second-order valence-electron chi connectivity index (χ2n) is 7.10. The molecular formula is C20H20BrF6N5O5. The summed E-state index contributed by atoms with van der Waals surface area (Å²) < 4.78 is 65.3. The van der Waals surface area contributed by atoms with Crippen molar-refractivity contribution in [2.24, 2.45) is 11.5 Å². The molecule has 0 amide bonds. The number of aliphatic carboxylic acids is 2. The zero-order valence-corrected chi connectivity index (χ0v) is 20.1. The van der Waals surface area contributed by atoms with Gasteiger partial charge >= 0.3 is 18.3 Å². The van der Waals surface area contributed by atoms with E-state index in [0.717, 1.165) is 57.8 Å². The number of carboxylic acids is 2. The molecule has 0 unspecified atom stereocenters. The fraction of sp³-hybridized carbons (Fsp3) is 0.300. The van der Waals surface area contributed by atoms with Gasteiger partial charge in [0, 0.05) is 27.7 Å². The number of hydrogen-bond donors (Lipinski definition) is 4. The Hall–Kier alpha value is -3.76. The number of carboxylic acid groups (broad SMARTS) is 2. The van der Waals surface area contributed by atoms with E-state index in [4.69, 9.17) is 31.3 Å². The van der Waals surface area contributed by atoms with Crippen LogP contribution in [0.3, 0.4) is 0 Å². The highest BCUT2D eigenvalue weighted by atomic mass is 79.9. The lowest BCUT2D eigenvalue weighted by Gasteiger charge is -2.03. The van der Waals surface area contributed by atoms with Crippen molar-refractivity contribution in [1.82, 2.24) is 4.73 Å². The van der Waals surface area contributed by atoms with E-state index in [1.807, 2.05) is 30.5 Å². The van der Waals surface area contributed by atoms with Crippen molar-refractivity contribution in [3.8, 4) is 0 Å². The van der Waals surface area contributed by atoms with E-state index in [2.05, 4.69) is 25.9 Å². The van der Waals surface area contributed by atoms with Crippen molar-refractivity contribution >= 4 is 55.6 Å². The summed E-state index contributed by atoms with van der Waals surface area (Å²) in [4.78, 5) is 23.7. The molecular weight excluding hydrogens is 584 g/mol. The van der Waals surface area contributed by atoms with E-state index >= 15 is 0 Å². The standard InChI is InChI=1S/C16H18BrN5O.2C2HF3O2/c17-10-4-5-11-12-6-8-20-13(3-1-2-7-21-16(18)19)15(12)22(23)14(11)9-10;2*3-2(4,5)1(6)7/h4-6,8-9,23H,1-3,7H2,(H4,18,19,21);2*(H,6,7). The molecule has 2 aromatic heterocycles. The van der Waals surface area contributed by atoms with E-state index in [0.29, 0.717) is 0 Å². The van der Waals surface area contributed by atoms with Crippen molar-refractivity contribution in [2.45, 2.75) is 31.6 Å². The fourth-order valence-electron chi connectivity index (χ4n) is 2.87. The van der Waals surface area contributed by atoms with Gasteiger partial charge in [-0.15, -0.1) is 0 Å². The van der Waals surface area contributed by atoms with Crippen LogP contribution in [0.25, 0.3) is 21.8 Å². The van der Waals surface area contributed by atoms with Crippen LogP contribution in [0.1, 0.15) is 18.5 Å². The Bertz CT molecular complexity index is 1250. The van der Waals surface area contributed by atoms with Crippen LogP contribution in [-0.4, -0.2) is 46.7 Å². The maximum atomic E-state index is 10.6. The lowest BCUT2D eigenvalue weighted by Crippen LogP contribution is -2.78. The van der Waals surface area contributed by atoms with Crippen LogP contribution in [0.2, 0.25) is 0 Å². The zero-order valence-electron chi connectivity index (χ0n) is 18.5. The monoisotopic (exact) mass is 603 g/mol. The number of nitrogens with two attached hydrogens (primary N) is 2. The predicted octanol–water partition coefficient (Wildman–Crippen LogP) is -1.12. The summed E-state index contributed by atoms with van der Waals surface area (Å²) in [5.41, 5.74) is 13.4. The molecule has 2 heterocycles. The zero-order chi connectivity index (χ0) is 28.6. The number of carbonyl (C=O) groups is 2. The third-order valence-corrected chi connectivity index (χ3v) is 4.88. The minimum Gasteiger partial charge on any atom is -0.542 e. The molecule has 0 aliphatic rings. The van der Waals surface area contributed by atoms with Gasteiger partial charge in [-0.25, -0.2) is 4.98 Å². The topological polar surface area (TPSA) is 186 Å². The van der Waals surface area contributed by atoms with Gasteiger partial charge in [0.25, 0.3) is 0 Å². The smallest absolute Gasteiger partial charge is 0.430 e. The van der Waals surface area contributed by atoms with Gasteiger partial charge in [0.2, 0.25) is 5.69 Å². The normalized spacial score (nSPS) is 11.2. The van der Waals surface area contributed by atoms with E-state index in [1.165, 1.54) is 4.73 Å². The number of alkyl halides is 6. The Kier molecular flexibility index (Phi) is 11.0. The van der Waals surface area contributed by atoms with Crippen molar-refractivity contribution in [1.29, 1.82) is 0 Å². The molecule has 0 spiro atoms. The molecule has 3 rings (SSSR count). The molecule has 1 aromatic carbocycles. The number of benzene rings is 1. The molecule has 0 aliphatic carbocycles. The quantitative estimate of drug-likeness (QED) is 0.0935. The number of guanidine groups is 1. The maximum absolute atomic E-state index is 10.6. The molecule has 37 heavy (non-hydrogen) atoms. The molecule has 204 valence electrons. The SMILES string of the molecule is NC(N)=[NH+]CCCCc1[nH+]ccc2c3ccc(Br)cc3n(O)c12.O=C([O-])C(F)(F)F.O=C([O-])C(F)(F)F. The van der Waals surface area contributed by atoms with Gasteiger partial charge in [-0.05, 0) is 25.0 Å². The van der Waals surface area contributed by atoms with Gasteiger partial charge in [0.05, 0.1) is 12.1 Å². The van der Waals surface area contributed by atoms with Crippen molar-refractivity contribution in [3.05, 3.63) is 40.6 Å². The third-order valence-electron chi connectivity index (χ3n) is 4.38. The first-order valence-electron chi connectivity index (χ1n) is 9.97. The summed E-state index contributed by atoms with van der Waals surface area (Å²) in [6.07, 6.45) is -5.73. The number of nitrogens with one attached hydrogen (secondary N) is 2. The summed E-state index contributed by atoms with van der Waals surface area (Å²) in [6, 6.07) is 7.91. The Morgan fingerprint density at radius 3 is 2.03 bits per heavy atom. The summed E-state index contributed by atoms with van der Waals surface area (Å²) in [6.45, 7) is 0.743. The predicted molar refractivity (Wildman–Crippen MR) is 115 cm³/mol. The van der Waals surface area contributed by atoms with Crippen molar-refractivity contribution in [2.75, 3.05) is 6.54 Å². The number of nitrogens with zero attached hydrogens (tertiary/aromatic N) is 1. The number of fused-ring (bicyclic) bond motifs is 3. The second-order valence-corrected chi connectivity index (χ2v) is 8.02. The lowest BCUT2D eigenvalue weighted by atomic mass is 10.1. The van der Waals surface area contributed by atoms with E-state index in [9.17, 15) is 31.5 Å². The van der Waals surface area contributed by atoms with Gasteiger partial charge in [-0.3, -0.25) is 16.5 Å². The van der Waals surface area contributed by atoms with Crippen LogP contribution in [0.4, 0.5) is 26.3 Å². The highest BCUT2D eigenvalue weighted by Crippen LogP contribution is 2.30.